The van der Waals surface area contributed by atoms with Gasteiger partial charge in [-0.3, -0.25) is 19.1 Å². The fraction of sp³-hybridized carbons (Fsp3) is 0.278. The van der Waals surface area contributed by atoms with Crippen molar-refractivity contribution in [1.29, 1.82) is 0 Å². The average Bonchev–Trinajstić information content (AvgIpc) is 3.04. The lowest BCUT2D eigenvalue weighted by molar-refractivity contribution is -0.121. The molecule has 0 saturated heterocycles. The maximum absolute atomic E-state index is 12.8. The van der Waals surface area contributed by atoms with Gasteiger partial charge in [-0.1, -0.05) is 0 Å². The van der Waals surface area contributed by atoms with Crippen LogP contribution in [0.5, 0.6) is 0 Å². The summed E-state index contributed by atoms with van der Waals surface area (Å²) in [6.45, 7) is -0.111. The van der Waals surface area contributed by atoms with E-state index in [0.717, 1.165) is 41.6 Å². The zero-order chi connectivity index (χ0) is 17.9. The topological polar surface area (TPSA) is 89.2 Å². The van der Waals surface area contributed by atoms with Crippen LogP contribution in [0.2, 0.25) is 0 Å². The van der Waals surface area contributed by atoms with Crippen LogP contribution in [0.1, 0.15) is 28.8 Å². The molecular weight excluding hydrogens is 350 g/mol. The van der Waals surface area contributed by atoms with Crippen molar-refractivity contribution >= 4 is 33.7 Å². The number of hydrazone groups is 1. The van der Waals surface area contributed by atoms with Gasteiger partial charge in [0.15, 0.2) is 0 Å². The second-order valence-corrected chi connectivity index (χ2v) is 7.23. The standard InChI is InChI=1S/C18H17N5O2S/c24-15(22-21-9-12-5-7-19-8-6-12)10-23-11-20-17-16(18(23)25)13-3-1-2-4-14(13)26-17/h5-9,11H,1-4,10H2,(H,22,24). The van der Waals surface area contributed by atoms with E-state index in [1.54, 1.807) is 35.9 Å². The van der Waals surface area contributed by atoms with E-state index < -0.39 is 0 Å². The molecule has 0 bridgehead atoms. The smallest absolute Gasteiger partial charge is 0.262 e. The summed E-state index contributed by atoms with van der Waals surface area (Å²) in [4.78, 5) is 35.2. The average molecular weight is 367 g/mol. The molecule has 0 unspecified atom stereocenters. The van der Waals surface area contributed by atoms with Crippen LogP contribution in [-0.4, -0.2) is 26.7 Å². The molecule has 132 valence electrons. The van der Waals surface area contributed by atoms with Gasteiger partial charge >= 0.3 is 0 Å². The largest absolute Gasteiger partial charge is 0.289 e. The normalized spacial score (nSPS) is 13.8. The van der Waals surface area contributed by atoms with Crippen molar-refractivity contribution in [3.8, 4) is 0 Å². The first-order valence-corrected chi connectivity index (χ1v) is 9.25. The van der Waals surface area contributed by atoms with Crippen molar-refractivity contribution < 1.29 is 4.79 Å². The summed E-state index contributed by atoms with van der Waals surface area (Å²) in [5.74, 6) is -0.373. The van der Waals surface area contributed by atoms with E-state index in [4.69, 9.17) is 0 Å². The van der Waals surface area contributed by atoms with Gasteiger partial charge in [-0.05, 0) is 48.9 Å². The van der Waals surface area contributed by atoms with Crippen molar-refractivity contribution in [1.82, 2.24) is 20.0 Å². The molecule has 1 aliphatic rings. The zero-order valence-electron chi connectivity index (χ0n) is 14.0. The fourth-order valence-corrected chi connectivity index (χ4v) is 4.33. The first-order valence-electron chi connectivity index (χ1n) is 8.44. The van der Waals surface area contributed by atoms with Gasteiger partial charge in [-0.25, -0.2) is 10.4 Å². The molecule has 0 spiro atoms. The van der Waals surface area contributed by atoms with E-state index in [-0.39, 0.29) is 18.0 Å². The first kappa shape index (κ1) is 16.6. The van der Waals surface area contributed by atoms with Crippen molar-refractivity contribution in [3.05, 3.63) is 57.2 Å². The number of thiophene rings is 1. The Labute approximate surface area is 153 Å². The minimum atomic E-state index is -0.373. The number of nitrogens with one attached hydrogen (secondary N) is 1. The van der Waals surface area contributed by atoms with Gasteiger partial charge in [0.2, 0.25) is 0 Å². The molecule has 4 rings (SSSR count). The number of aromatic nitrogens is 3. The Morgan fingerprint density at radius 2 is 2.12 bits per heavy atom. The number of rotatable bonds is 4. The van der Waals surface area contributed by atoms with Crippen LogP contribution in [0, 0.1) is 0 Å². The highest BCUT2D eigenvalue weighted by Gasteiger charge is 2.20. The highest BCUT2D eigenvalue weighted by atomic mass is 32.1. The number of carbonyl (C=O) groups excluding carboxylic acids is 1. The van der Waals surface area contributed by atoms with E-state index in [0.29, 0.717) is 5.39 Å². The van der Waals surface area contributed by atoms with Crippen molar-refractivity contribution in [2.75, 3.05) is 0 Å². The van der Waals surface area contributed by atoms with Crippen LogP contribution in [0.4, 0.5) is 0 Å². The molecule has 1 N–H and O–H groups in total. The minimum absolute atomic E-state index is 0.111. The second kappa shape index (κ2) is 7.17. The molecule has 3 aromatic heterocycles. The van der Waals surface area contributed by atoms with E-state index in [2.05, 4.69) is 20.5 Å². The number of fused-ring (bicyclic) bond motifs is 3. The molecule has 7 nitrogen and oxygen atoms in total. The quantitative estimate of drug-likeness (QED) is 0.563. The molecule has 26 heavy (non-hydrogen) atoms. The summed E-state index contributed by atoms with van der Waals surface area (Å²) in [5, 5.41) is 4.58. The van der Waals surface area contributed by atoms with Crippen LogP contribution in [-0.2, 0) is 24.2 Å². The van der Waals surface area contributed by atoms with Crippen LogP contribution < -0.4 is 11.0 Å². The minimum Gasteiger partial charge on any atom is -0.289 e. The summed E-state index contributed by atoms with van der Waals surface area (Å²) >= 11 is 1.60. The summed E-state index contributed by atoms with van der Waals surface area (Å²) < 4.78 is 1.35. The van der Waals surface area contributed by atoms with Crippen LogP contribution in [0.25, 0.3) is 10.2 Å². The molecule has 0 radical (unpaired) electrons. The monoisotopic (exact) mass is 367 g/mol. The molecule has 3 aromatic rings. The van der Waals surface area contributed by atoms with Gasteiger partial charge in [-0.2, -0.15) is 5.10 Å². The Kier molecular flexibility index (Phi) is 4.57. The summed E-state index contributed by atoms with van der Waals surface area (Å²) in [6, 6.07) is 3.55. The van der Waals surface area contributed by atoms with E-state index >= 15 is 0 Å². The molecule has 8 heteroatoms. The van der Waals surface area contributed by atoms with Crippen LogP contribution >= 0.6 is 11.3 Å². The lowest BCUT2D eigenvalue weighted by Gasteiger charge is -2.10. The number of amides is 1. The molecule has 0 aliphatic heterocycles. The van der Waals surface area contributed by atoms with Crippen LogP contribution in [0.15, 0.2) is 40.7 Å². The van der Waals surface area contributed by atoms with Gasteiger partial charge in [0.25, 0.3) is 11.5 Å². The lowest BCUT2D eigenvalue weighted by atomic mass is 9.97. The summed E-state index contributed by atoms with van der Waals surface area (Å²) in [7, 11) is 0. The molecule has 1 amide bonds. The Balaban J connectivity index is 1.52. The third kappa shape index (κ3) is 3.28. The van der Waals surface area contributed by atoms with E-state index in [1.165, 1.54) is 22.0 Å². The van der Waals surface area contributed by atoms with Crippen molar-refractivity contribution in [2.45, 2.75) is 32.2 Å². The van der Waals surface area contributed by atoms with Gasteiger partial charge in [0.05, 0.1) is 17.9 Å². The number of hydrogen-bond acceptors (Lipinski definition) is 6. The van der Waals surface area contributed by atoms with Gasteiger partial charge in [-0.15, -0.1) is 11.3 Å². The number of nitrogens with zero attached hydrogens (tertiary/aromatic N) is 4. The van der Waals surface area contributed by atoms with Crippen molar-refractivity contribution in [3.63, 3.8) is 0 Å². The molecule has 0 aromatic carbocycles. The van der Waals surface area contributed by atoms with Gasteiger partial charge in [0.1, 0.15) is 11.4 Å². The van der Waals surface area contributed by atoms with Crippen molar-refractivity contribution in [2.24, 2.45) is 5.10 Å². The molecule has 0 saturated carbocycles. The Hall–Kier alpha value is -2.87. The van der Waals surface area contributed by atoms with Gasteiger partial charge in [0, 0.05) is 17.3 Å². The summed E-state index contributed by atoms with van der Waals surface area (Å²) in [5.41, 5.74) is 4.23. The second-order valence-electron chi connectivity index (χ2n) is 6.14. The first-order chi connectivity index (χ1) is 12.7. The predicted molar refractivity (Wildman–Crippen MR) is 100 cm³/mol. The number of aryl methyl sites for hydroxylation is 2. The highest BCUT2D eigenvalue weighted by Crippen LogP contribution is 2.33. The number of pyridine rings is 1. The third-order valence-electron chi connectivity index (χ3n) is 4.36. The highest BCUT2D eigenvalue weighted by molar-refractivity contribution is 7.18. The zero-order valence-corrected chi connectivity index (χ0v) is 14.8. The molecular formula is C18H17N5O2S. The molecule has 1 aliphatic carbocycles. The maximum Gasteiger partial charge on any atom is 0.262 e. The molecule has 0 atom stereocenters. The molecule has 3 heterocycles. The Morgan fingerprint density at radius 3 is 2.96 bits per heavy atom. The Bertz CT molecular complexity index is 1040. The SMILES string of the molecule is O=C(Cn1cnc2sc3c(c2c1=O)CCCC3)NN=Cc1ccncc1. The fourth-order valence-electron chi connectivity index (χ4n) is 3.11. The number of carbonyl (C=O) groups is 1. The third-order valence-corrected chi connectivity index (χ3v) is 5.56. The molecule has 0 fully saturated rings. The maximum atomic E-state index is 12.8. The lowest BCUT2D eigenvalue weighted by Crippen LogP contribution is -2.30. The number of hydrogen-bond donors (Lipinski definition) is 1. The van der Waals surface area contributed by atoms with E-state index in [1.807, 2.05) is 0 Å². The van der Waals surface area contributed by atoms with E-state index in [9.17, 15) is 9.59 Å². The predicted octanol–water partition coefficient (Wildman–Crippen LogP) is 1.88. The summed E-state index contributed by atoms with van der Waals surface area (Å²) in [6.07, 6.45) is 10.4. The van der Waals surface area contributed by atoms with Gasteiger partial charge < -0.3 is 0 Å². The Morgan fingerprint density at radius 1 is 1.31 bits per heavy atom. The van der Waals surface area contributed by atoms with Crippen LogP contribution in [0.3, 0.4) is 0 Å².